The molecule has 3 heterocycles. The van der Waals surface area contributed by atoms with E-state index in [1.54, 1.807) is 12.3 Å². The molecule has 26 heavy (non-hydrogen) atoms. The zero-order valence-corrected chi connectivity index (χ0v) is 16.4. The summed E-state index contributed by atoms with van der Waals surface area (Å²) < 4.78 is 0. The summed E-state index contributed by atoms with van der Waals surface area (Å²) in [7, 11) is 0. The number of aryl methyl sites for hydroxylation is 1. The predicted molar refractivity (Wildman–Crippen MR) is 104 cm³/mol. The Kier molecular flexibility index (Phi) is 5.01. The van der Waals surface area contributed by atoms with Crippen molar-refractivity contribution in [2.45, 2.75) is 33.1 Å². The molecular formula is C19H23ClN6. The van der Waals surface area contributed by atoms with Crippen LogP contribution in [0, 0.1) is 18.3 Å². The van der Waals surface area contributed by atoms with Gasteiger partial charge in [-0.1, -0.05) is 32.4 Å². The molecule has 7 heteroatoms. The Balaban J connectivity index is 1.75. The smallest absolute Gasteiger partial charge is 0.147 e. The van der Waals surface area contributed by atoms with Crippen molar-refractivity contribution in [1.29, 1.82) is 5.26 Å². The van der Waals surface area contributed by atoms with Crippen LogP contribution in [0.4, 0.5) is 11.6 Å². The lowest BCUT2D eigenvalue weighted by Gasteiger charge is -2.36. The molecule has 2 aromatic rings. The first kappa shape index (κ1) is 18.4. The number of nitriles is 1. The minimum Gasteiger partial charge on any atom is -0.353 e. The summed E-state index contributed by atoms with van der Waals surface area (Å²) in [5.74, 6) is 2.51. The maximum absolute atomic E-state index is 8.95. The van der Waals surface area contributed by atoms with Crippen molar-refractivity contribution in [3.8, 4) is 6.07 Å². The van der Waals surface area contributed by atoms with Crippen molar-refractivity contribution in [1.82, 2.24) is 15.0 Å². The maximum Gasteiger partial charge on any atom is 0.147 e. The van der Waals surface area contributed by atoms with E-state index in [4.69, 9.17) is 16.9 Å². The van der Waals surface area contributed by atoms with Crippen LogP contribution in [0.3, 0.4) is 0 Å². The second kappa shape index (κ2) is 7.08. The fourth-order valence-corrected chi connectivity index (χ4v) is 3.26. The molecule has 2 aromatic heterocycles. The molecule has 0 amide bonds. The number of hydrogen-bond acceptors (Lipinski definition) is 6. The molecule has 1 aliphatic heterocycles. The van der Waals surface area contributed by atoms with Crippen LogP contribution in [0.2, 0.25) is 5.02 Å². The van der Waals surface area contributed by atoms with Crippen LogP contribution < -0.4 is 9.80 Å². The number of anilines is 2. The average Bonchev–Trinajstić information content (AvgIpc) is 2.60. The van der Waals surface area contributed by atoms with Crippen LogP contribution in [0.25, 0.3) is 0 Å². The zero-order valence-electron chi connectivity index (χ0n) is 15.6. The third-order valence-corrected chi connectivity index (χ3v) is 4.73. The van der Waals surface area contributed by atoms with Gasteiger partial charge in [-0.05, 0) is 13.0 Å². The summed E-state index contributed by atoms with van der Waals surface area (Å²) in [5.41, 5.74) is 1.52. The Bertz CT molecular complexity index is 844. The molecule has 0 aromatic carbocycles. The average molecular weight is 371 g/mol. The van der Waals surface area contributed by atoms with Gasteiger partial charge in [0, 0.05) is 43.9 Å². The highest BCUT2D eigenvalue weighted by Crippen LogP contribution is 2.27. The van der Waals surface area contributed by atoms with Crippen molar-refractivity contribution >= 4 is 23.2 Å². The first-order chi connectivity index (χ1) is 12.3. The van der Waals surface area contributed by atoms with Crippen LogP contribution in [0.1, 0.15) is 37.9 Å². The fourth-order valence-electron chi connectivity index (χ4n) is 2.97. The lowest BCUT2D eigenvalue weighted by Crippen LogP contribution is -2.47. The fraction of sp³-hybridized carbons (Fsp3) is 0.474. The van der Waals surface area contributed by atoms with Crippen LogP contribution in [-0.2, 0) is 5.41 Å². The van der Waals surface area contributed by atoms with Crippen LogP contribution in [0.5, 0.6) is 0 Å². The quantitative estimate of drug-likeness (QED) is 0.807. The molecule has 0 N–H and O–H groups in total. The molecule has 0 spiro atoms. The number of aromatic nitrogens is 3. The minimum absolute atomic E-state index is 0.00972. The molecule has 0 bridgehead atoms. The Labute approximate surface area is 159 Å². The van der Waals surface area contributed by atoms with Gasteiger partial charge in [-0.3, -0.25) is 0 Å². The van der Waals surface area contributed by atoms with Crippen molar-refractivity contribution in [2.24, 2.45) is 0 Å². The van der Waals surface area contributed by atoms with Crippen molar-refractivity contribution in [2.75, 3.05) is 36.0 Å². The normalized spacial score (nSPS) is 15.1. The van der Waals surface area contributed by atoms with Gasteiger partial charge in [0.25, 0.3) is 0 Å². The van der Waals surface area contributed by atoms with E-state index < -0.39 is 0 Å². The van der Waals surface area contributed by atoms with Crippen LogP contribution >= 0.6 is 11.6 Å². The maximum atomic E-state index is 8.95. The van der Waals surface area contributed by atoms with Gasteiger partial charge >= 0.3 is 0 Å². The number of rotatable bonds is 2. The summed E-state index contributed by atoms with van der Waals surface area (Å²) in [5, 5.41) is 9.46. The lowest BCUT2D eigenvalue weighted by molar-refractivity contribution is 0.561. The Morgan fingerprint density at radius 1 is 1.08 bits per heavy atom. The molecule has 0 radical (unpaired) electrons. The first-order valence-corrected chi connectivity index (χ1v) is 9.07. The third-order valence-electron chi connectivity index (χ3n) is 4.45. The molecule has 0 unspecified atom stereocenters. The number of halogens is 1. The van der Waals surface area contributed by atoms with Gasteiger partial charge in [-0.25, -0.2) is 15.0 Å². The molecule has 0 saturated carbocycles. The van der Waals surface area contributed by atoms with E-state index in [1.807, 2.05) is 6.92 Å². The SMILES string of the molecule is Cc1nc(N2CCN(c3ncc(C#N)cc3Cl)CC2)cc(C(C)(C)C)n1. The highest BCUT2D eigenvalue weighted by Gasteiger charge is 2.23. The van der Waals surface area contributed by atoms with Gasteiger partial charge in [-0.2, -0.15) is 5.26 Å². The molecule has 1 fully saturated rings. The van der Waals surface area contributed by atoms with Gasteiger partial charge in [0.05, 0.1) is 16.3 Å². The van der Waals surface area contributed by atoms with E-state index in [0.717, 1.165) is 49.3 Å². The zero-order chi connectivity index (χ0) is 18.9. The largest absolute Gasteiger partial charge is 0.353 e. The van der Waals surface area contributed by atoms with E-state index in [2.05, 4.69) is 57.7 Å². The van der Waals surface area contributed by atoms with E-state index in [0.29, 0.717) is 10.6 Å². The van der Waals surface area contributed by atoms with Gasteiger partial charge in [0.15, 0.2) is 0 Å². The monoisotopic (exact) mass is 370 g/mol. The number of hydrogen-bond donors (Lipinski definition) is 0. The lowest BCUT2D eigenvalue weighted by atomic mass is 9.92. The van der Waals surface area contributed by atoms with Crippen LogP contribution in [-0.4, -0.2) is 41.1 Å². The molecule has 6 nitrogen and oxygen atoms in total. The minimum atomic E-state index is -0.00972. The topological polar surface area (TPSA) is 68.9 Å². The first-order valence-electron chi connectivity index (χ1n) is 8.69. The second-order valence-corrected chi connectivity index (χ2v) is 7.93. The molecule has 0 aliphatic carbocycles. The third kappa shape index (κ3) is 3.88. The summed E-state index contributed by atoms with van der Waals surface area (Å²) in [6.07, 6.45) is 1.57. The molecule has 136 valence electrons. The van der Waals surface area contributed by atoms with Gasteiger partial charge in [0.2, 0.25) is 0 Å². The standard InChI is InChI=1S/C19H23ClN6/c1-13-23-16(19(2,3)4)10-17(24-13)25-5-7-26(8-6-25)18-15(20)9-14(11-21)12-22-18/h9-10,12H,5-8H2,1-4H3. The molecule has 3 rings (SSSR count). The number of nitrogens with zero attached hydrogens (tertiary/aromatic N) is 6. The molecule has 1 aliphatic rings. The van der Waals surface area contributed by atoms with Gasteiger partial charge < -0.3 is 9.80 Å². The predicted octanol–water partition coefficient (Wildman–Crippen LogP) is 3.33. The Hall–Kier alpha value is -2.39. The highest BCUT2D eigenvalue weighted by molar-refractivity contribution is 6.33. The summed E-state index contributed by atoms with van der Waals surface area (Å²) in [6, 6.07) is 5.82. The highest BCUT2D eigenvalue weighted by atomic mass is 35.5. The van der Waals surface area contributed by atoms with Crippen molar-refractivity contribution in [3.63, 3.8) is 0 Å². The van der Waals surface area contributed by atoms with E-state index in [9.17, 15) is 0 Å². The number of pyridine rings is 1. The van der Waals surface area contributed by atoms with E-state index in [-0.39, 0.29) is 5.41 Å². The Morgan fingerprint density at radius 3 is 2.31 bits per heavy atom. The summed E-state index contributed by atoms with van der Waals surface area (Å²) in [4.78, 5) is 18.0. The summed E-state index contributed by atoms with van der Waals surface area (Å²) >= 11 is 6.30. The summed E-state index contributed by atoms with van der Waals surface area (Å²) in [6.45, 7) is 11.7. The van der Waals surface area contributed by atoms with Gasteiger partial charge in [0.1, 0.15) is 23.5 Å². The van der Waals surface area contributed by atoms with E-state index in [1.165, 1.54) is 0 Å². The molecule has 1 saturated heterocycles. The van der Waals surface area contributed by atoms with Crippen molar-refractivity contribution < 1.29 is 0 Å². The Morgan fingerprint density at radius 2 is 1.73 bits per heavy atom. The second-order valence-electron chi connectivity index (χ2n) is 7.52. The van der Waals surface area contributed by atoms with Crippen molar-refractivity contribution in [3.05, 3.63) is 40.4 Å². The van der Waals surface area contributed by atoms with E-state index >= 15 is 0 Å². The van der Waals surface area contributed by atoms with Gasteiger partial charge in [-0.15, -0.1) is 0 Å². The molecule has 0 atom stereocenters. The molecular weight excluding hydrogens is 348 g/mol. The van der Waals surface area contributed by atoms with Crippen LogP contribution in [0.15, 0.2) is 18.3 Å². The number of piperazine rings is 1.